The highest BCUT2D eigenvalue weighted by Gasteiger charge is 2.40. The second kappa shape index (κ2) is 7.43. The van der Waals surface area contributed by atoms with Crippen LogP contribution in [0.5, 0.6) is 0 Å². The third-order valence-corrected chi connectivity index (χ3v) is 6.37. The first kappa shape index (κ1) is 17.2. The number of rotatable bonds is 4. The molecule has 2 aliphatic rings. The van der Waals surface area contributed by atoms with Crippen molar-refractivity contribution in [2.24, 2.45) is 11.7 Å². The molecule has 0 aromatic carbocycles. The van der Waals surface area contributed by atoms with Crippen LogP contribution in [0.3, 0.4) is 0 Å². The molecule has 1 saturated carbocycles. The molecule has 3 heteroatoms. The number of hydrogen-bond donors (Lipinski definition) is 1. The number of hydrogen-bond acceptors (Lipinski definition) is 3. The Morgan fingerprint density at radius 2 is 1.86 bits per heavy atom. The molecule has 3 atom stereocenters. The van der Waals surface area contributed by atoms with Gasteiger partial charge in [0.15, 0.2) is 0 Å². The Morgan fingerprint density at radius 3 is 2.48 bits per heavy atom. The van der Waals surface area contributed by atoms with E-state index >= 15 is 0 Å². The topological polar surface area (TPSA) is 32.5 Å². The van der Waals surface area contributed by atoms with E-state index in [9.17, 15) is 0 Å². The normalized spacial score (nSPS) is 36.1. The molecule has 0 amide bonds. The molecule has 3 nitrogen and oxygen atoms in total. The van der Waals surface area contributed by atoms with Gasteiger partial charge in [0, 0.05) is 30.7 Å². The van der Waals surface area contributed by atoms with E-state index in [1.54, 1.807) is 0 Å². The fourth-order valence-electron chi connectivity index (χ4n) is 4.64. The summed E-state index contributed by atoms with van der Waals surface area (Å²) in [6.45, 7) is 10.4. The molecule has 2 fully saturated rings. The van der Waals surface area contributed by atoms with Crippen molar-refractivity contribution in [3.63, 3.8) is 0 Å². The van der Waals surface area contributed by atoms with E-state index < -0.39 is 0 Å². The van der Waals surface area contributed by atoms with Gasteiger partial charge in [-0.3, -0.25) is 4.90 Å². The lowest BCUT2D eigenvalue weighted by Crippen LogP contribution is -2.58. The molecular formula is C18H37N3. The Labute approximate surface area is 132 Å². The molecule has 124 valence electrons. The van der Waals surface area contributed by atoms with Crippen molar-refractivity contribution in [1.29, 1.82) is 0 Å². The summed E-state index contributed by atoms with van der Waals surface area (Å²) in [6.07, 6.45) is 9.39. The van der Waals surface area contributed by atoms with Crippen molar-refractivity contribution in [3.05, 3.63) is 0 Å². The van der Waals surface area contributed by atoms with Crippen LogP contribution < -0.4 is 5.73 Å². The van der Waals surface area contributed by atoms with Crippen molar-refractivity contribution < 1.29 is 0 Å². The van der Waals surface area contributed by atoms with Crippen molar-refractivity contribution in [2.75, 3.05) is 26.7 Å². The summed E-state index contributed by atoms with van der Waals surface area (Å²) in [4.78, 5) is 5.34. The molecule has 1 aliphatic carbocycles. The zero-order valence-corrected chi connectivity index (χ0v) is 14.8. The highest BCUT2D eigenvalue weighted by atomic mass is 15.2. The minimum Gasteiger partial charge on any atom is -0.329 e. The summed E-state index contributed by atoms with van der Waals surface area (Å²) in [6, 6.07) is 1.41. The molecule has 3 unspecified atom stereocenters. The molecule has 0 spiro atoms. The van der Waals surface area contributed by atoms with Crippen LogP contribution in [0.1, 0.15) is 65.7 Å². The van der Waals surface area contributed by atoms with Crippen molar-refractivity contribution >= 4 is 0 Å². The van der Waals surface area contributed by atoms with Crippen LogP contribution >= 0.6 is 0 Å². The average molecular weight is 296 g/mol. The van der Waals surface area contributed by atoms with Gasteiger partial charge in [0.25, 0.3) is 0 Å². The van der Waals surface area contributed by atoms with Crippen LogP contribution in [0.2, 0.25) is 0 Å². The molecule has 1 heterocycles. The molecule has 0 aromatic heterocycles. The highest BCUT2D eigenvalue weighted by Crippen LogP contribution is 2.36. The molecule has 1 saturated heterocycles. The second-order valence-electron chi connectivity index (χ2n) is 7.85. The van der Waals surface area contributed by atoms with Gasteiger partial charge in [-0.15, -0.1) is 0 Å². The number of nitrogens with two attached hydrogens (primary N) is 1. The van der Waals surface area contributed by atoms with Gasteiger partial charge in [-0.1, -0.05) is 19.8 Å². The smallest absolute Gasteiger partial charge is 0.0344 e. The number of likely N-dealkylation sites (N-methyl/N-ethyl adjacent to an activating group) is 1. The maximum atomic E-state index is 6.32. The Hall–Kier alpha value is -0.120. The van der Waals surface area contributed by atoms with Crippen LogP contribution in [0.15, 0.2) is 0 Å². The lowest BCUT2D eigenvalue weighted by molar-refractivity contribution is 0.0209. The highest BCUT2D eigenvalue weighted by molar-refractivity contribution is 4.97. The van der Waals surface area contributed by atoms with Crippen LogP contribution in [-0.2, 0) is 0 Å². The van der Waals surface area contributed by atoms with Crippen LogP contribution in [0, 0.1) is 5.92 Å². The van der Waals surface area contributed by atoms with E-state index in [0.29, 0.717) is 6.04 Å². The summed E-state index contributed by atoms with van der Waals surface area (Å²) < 4.78 is 0. The van der Waals surface area contributed by atoms with E-state index in [1.807, 2.05) is 0 Å². The first-order valence-corrected chi connectivity index (χ1v) is 9.17. The Balaban J connectivity index is 2.09. The predicted octanol–water partition coefficient (Wildman–Crippen LogP) is 3.09. The van der Waals surface area contributed by atoms with Gasteiger partial charge in [-0.2, -0.15) is 0 Å². The molecular weight excluding hydrogens is 258 g/mol. The van der Waals surface area contributed by atoms with Gasteiger partial charge in [-0.25, -0.2) is 0 Å². The summed E-state index contributed by atoms with van der Waals surface area (Å²) in [5.74, 6) is 0.830. The third-order valence-electron chi connectivity index (χ3n) is 6.37. The van der Waals surface area contributed by atoms with Gasteiger partial charge in [0.2, 0.25) is 0 Å². The molecule has 0 bridgehead atoms. The van der Waals surface area contributed by atoms with E-state index in [1.165, 1.54) is 58.0 Å². The van der Waals surface area contributed by atoms with E-state index in [0.717, 1.165) is 18.5 Å². The summed E-state index contributed by atoms with van der Waals surface area (Å²) in [5, 5.41) is 0. The molecule has 21 heavy (non-hydrogen) atoms. The Kier molecular flexibility index (Phi) is 6.10. The minimum absolute atomic E-state index is 0.236. The SMILES string of the molecule is CC1CCCCC1N(C)C1(CN)CCCN(C(C)C)CC1. The van der Waals surface area contributed by atoms with Crippen LogP contribution in [-0.4, -0.2) is 54.1 Å². The van der Waals surface area contributed by atoms with Crippen molar-refractivity contribution in [1.82, 2.24) is 9.80 Å². The van der Waals surface area contributed by atoms with E-state index in [-0.39, 0.29) is 5.54 Å². The first-order chi connectivity index (χ1) is 10.00. The minimum atomic E-state index is 0.236. The fraction of sp³-hybridized carbons (Fsp3) is 1.00. The second-order valence-corrected chi connectivity index (χ2v) is 7.85. The summed E-state index contributed by atoms with van der Waals surface area (Å²) in [7, 11) is 2.37. The molecule has 2 rings (SSSR count). The number of likely N-dealkylation sites (tertiary alicyclic amines) is 1. The standard InChI is InChI=1S/C18H37N3/c1-15(2)21-12-7-10-18(14-19,11-13-21)20(4)17-9-6-5-8-16(17)3/h15-17H,5-14,19H2,1-4H3. The van der Waals surface area contributed by atoms with Gasteiger partial charge in [-0.05, 0) is 65.5 Å². The Morgan fingerprint density at radius 1 is 1.14 bits per heavy atom. The third kappa shape index (κ3) is 3.80. The van der Waals surface area contributed by atoms with Crippen LogP contribution in [0.4, 0.5) is 0 Å². The fourth-order valence-corrected chi connectivity index (χ4v) is 4.64. The van der Waals surface area contributed by atoms with Gasteiger partial charge in [0.1, 0.15) is 0 Å². The summed E-state index contributed by atoms with van der Waals surface area (Å²) >= 11 is 0. The lowest BCUT2D eigenvalue weighted by Gasteiger charge is -2.48. The van der Waals surface area contributed by atoms with Gasteiger partial charge < -0.3 is 10.6 Å². The largest absolute Gasteiger partial charge is 0.329 e. The zero-order valence-electron chi connectivity index (χ0n) is 14.8. The predicted molar refractivity (Wildman–Crippen MR) is 91.5 cm³/mol. The van der Waals surface area contributed by atoms with Gasteiger partial charge in [0.05, 0.1) is 0 Å². The average Bonchev–Trinajstić information content (AvgIpc) is 2.70. The monoisotopic (exact) mass is 295 g/mol. The van der Waals surface area contributed by atoms with Crippen molar-refractivity contribution in [2.45, 2.75) is 83.3 Å². The van der Waals surface area contributed by atoms with E-state index in [2.05, 4.69) is 37.6 Å². The van der Waals surface area contributed by atoms with E-state index in [4.69, 9.17) is 5.73 Å². The summed E-state index contributed by atoms with van der Waals surface area (Å²) in [5.41, 5.74) is 6.56. The van der Waals surface area contributed by atoms with Crippen molar-refractivity contribution in [3.8, 4) is 0 Å². The maximum absolute atomic E-state index is 6.32. The first-order valence-electron chi connectivity index (χ1n) is 9.17. The van der Waals surface area contributed by atoms with Crippen LogP contribution in [0.25, 0.3) is 0 Å². The molecule has 0 aromatic rings. The molecule has 2 N–H and O–H groups in total. The maximum Gasteiger partial charge on any atom is 0.0344 e. The Bertz CT molecular complexity index is 318. The molecule has 0 radical (unpaired) electrons. The quantitative estimate of drug-likeness (QED) is 0.865. The lowest BCUT2D eigenvalue weighted by atomic mass is 9.80. The molecule has 1 aliphatic heterocycles. The number of nitrogens with zero attached hydrogens (tertiary/aromatic N) is 2. The van der Waals surface area contributed by atoms with Gasteiger partial charge >= 0.3 is 0 Å². The zero-order chi connectivity index (χ0) is 15.5.